The zero-order valence-electron chi connectivity index (χ0n) is 6.84. The first-order chi connectivity index (χ1) is 5.59. The molecule has 0 bridgehead atoms. The van der Waals surface area contributed by atoms with Gasteiger partial charge in [-0.15, -0.1) is 0 Å². The lowest BCUT2D eigenvalue weighted by Crippen LogP contribution is -2.17. The first-order valence-electron chi connectivity index (χ1n) is 3.97. The van der Waals surface area contributed by atoms with E-state index in [0.717, 1.165) is 28.6 Å². The van der Waals surface area contributed by atoms with E-state index < -0.39 is 5.60 Å². The molecule has 2 rings (SSSR count). The monoisotopic (exact) mass is 227 g/mol. The van der Waals surface area contributed by atoms with Crippen molar-refractivity contribution in [2.24, 2.45) is 0 Å². The molecule has 1 aliphatic rings. The molecule has 1 N–H and O–H groups in total. The summed E-state index contributed by atoms with van der Waals surface area (Å²) in [5, 5.41) is 9.86. The standard InChI is InChI=1S/C9H10BrNO/c1-9(12)3-2-6-4-7(10)5-11-8(6)9/h4-5,12H,2-3H2,1H3. The number of aromatic nitrogens is 1. The Morgan fingerprint density at radius 3 is 3.17 bits per heavy atom. The highest BCUT2D eigenvalue weighted by Gasteiger charge is 2.33. The van der Waals surface area contributed by atoms with Crippen molar-refractivity contribution in [1.82, 2.24) is 4.98 Å². The summed E-state index contributed by atoms with van der Waals surface area (Å²) in [5.74, 6) is 0. The van der Waals surface area contributed by atoms with Gasteiger partial charge in [0.1, 0.15) is 5.60 Å². The van der Waals surface area contributed by atoms with Gasteiger partial charge in [0, 0.05) is 10.7 Å². The number of rotatable bonds is 0. The van der Waals surface area contributed by atoms with Crippen LogP contribution in [-0.2, 0) is 12.0 Å². The largest absolute Gasteiger partial charge is 0.384 e. The average molecular weight is 228 g/mol. The number of hydrogen-bond donors (Lipinski definition) is 1. The van der Waals surface area contributed by atoms with Crippen molar-refractivity contribution < 1.29 is 5.11 Å². The van der Waals surface area contributed by atoms with Crippen LogP contribution in [0.25, 0.3) is 0 Å². The van der Waals surface area contributed by atoms with E-state index in [0.29, 0.717) is 0 Å². The van der Waals surface area contributed by atoms with Gasteiger partial charge in [-0.2, -0.15) is 0 Å². The fraction of sp³-hybridized carbons (Fsp3) is 0.444. The summed E-state index contributed by atoms with van der Waals surface area (Å²) < 4.78 is 0.985. The van der Waals surface area contributed by atoms with Gasteiger partial charge in [0.2, 0.25) is 0 Å². The number of aryl methyl sites for hydroxylation is 1. The summed E-state index contributed by atoms with van der Waals surface area (Å²) in [5.41, 5.74) is 1.29. The Morgan fingerprint density at radius 1 is 1.67 bits per heavy atom. The predicted molar refractivity (Wildman–Crippen MR) is 49.8 cm³/mol. The molecule has 64 valence electrons. The molecular formula is C9H10BrNO. The number of halogens is 1. The zero-order valence-corrected chi connectivity index (χ0v) is 8.43. The number of hydrogen-bond acceptors (Lipinski definition) is 2. The summed E-state index contributed by atoms with van der Waals surface area (Å²) in [6.45, 7) is 1.82. The molecule has 1 atom stereocenters. The number of pyridine rings is 1. The molecule has 0 saturated carbocycles. The molecule has 1 heterocycles. The first kappa shape index (κ1) is 8.20. The first-order valence-corrected chi connectivity index (χ1v) is 4.76. The molecule has 2 nitrogen and oxygen atoms in total. The van der Waals surface area contributed by atoms with Crippen LogP contribution in [0, 0.1) is 0 Å². The van der Waals surface area contributed by atoms with Crippen LogP contribution in [0.4, 0.5) is 0 Å². The smallest absolute Gasteiger partial charge is 0.104 e. The highest BCUT2D eigenvalue weighted by atomic mass is 79.9. The Bertz CT molecular complexity index is 322. The van der Waals surface area contributed by atoms with Crippen LogP contribution < -0.4 is 0 Å². The minimum absolute atomic E-state index is 0.712. The zero-order chi connectivity index (χ0) is 8.77. The highest BCUT2D eigenvalue weighted by molar-refractivity contribution is 9.10. The van der Waals surface area contributed by atoms with Crippen molar-refractivity contribution >= 4 is 15.9 Å². The third kappa shape index (κ3) is 1.17. The van der Waals surface area contributed by atoms with Crippen LogP contribution in [0.2, 0.25) is 0 Å². The quantitative estimate of drug-likeness (QED) is 0.736. The Morgan fingerprint density at radius 2 is 2.42 bits per heavy atom. The molecule has 1 aromatic heterocycles. The van der Waals surface area contributed by atoms with Crippen molar-refractivity contribution in [2.75, 3.05) is 0 Å². The maximum Gasteiger partial charge on any atom is 0.104 e. The highest BCUT2D eigenvalue weighted by Crippen LogP contribution is 2.35. The molecule has 0 aromatic carbocycles. The molecule has 0 aliphatic heterocycles. The fourth-order valence-electron chi connectivity index (χ4n) is 1.65. The van der Waals surface area contributed by atoms with Crippen LogP contribution in [0.1, 0.15) is 24.6 Å². The summed E-state index contributed by atoms with van der Waals surface area (Å²) in [6, 6.07) is 2.03. The molecule has 12 heavy (non-hydrogen) atoms. The van der Waals surface area contributed by atoms with Gasteiger partial charge in [-0.25, -0.2) is 0 Å². The van der Waals surface area contributed by atoms with E-state index in [1.165, 1.54) is 0 Å². The van der Waals surface area contributed by atoms with E-state index in [9.17, 15) is 5.11 Å². The summed E-state index contributed by atoms with van der Waals surface area (Å²) in [4.78, 5) is 4.21. The van der Waals surface area contributed by atoms with Crippen molar-refractivity contribution in [3.05, 3.63) is 28.0 Å². The second-order valence-electron chi connectivity index (χ2n) is 3.44. The Labute approximate surface area is 79.8 Å². The van der Waals surface area contributed by atoms with Crippen molar-refractivity contribution in [3.63, 3.8) is 0 Å². The molecule has 0 radical (unpaired) electrons. The molecule has 0 amide bonds. The second-order valence-corrected chi connectivity index (χ2v) is 4.35. The maximum atomic E-state index is 9.86. The van der Waals surface area contributed by atoms with E-state index in [2.05, 4.69) is 20.9 Å². The van der Waals surface area contributed by atoms with Crippen LogP contribution in [0.3, 0.4) is 0 Å². The molecule has 3 heteroatoms. The average Bonchev–Trinajstić information content (AvgIpc) is 2.27. The van der Waals surface area contributed by atoms with Gasteiger partial charge >= 0.3 is 0 Å². The number of nitrogens with zero attached hydrogens (tertiary/aromatic N) is 1. The van der Waals surface area contributed by atoms with Gasteiger partial charge in [0.25, 0.3) is 0 Å². The van der Waals surface area contributed by atoms with Crippen LogP contribution in [0.5, 0.6) is 0 Å². The molecule has 0 spiro atoms. The molecule has 0 fully saturated rings. The molecular weight excluding hydrogens is 218 g/mol. The fourth-order valence-corrected chi connectivity index (χ4v) is 2.03. The van der Waals surface area contributed by atoms with E-state index in [-0.39, 0.29) is 0 Å². The summed E-state index contributed by atoms with van der Waals surface area (Å²) >= 11 is 3.36. The third-order valence-corrected chi connectivity index (χ3v) is 2.76. The SMILES string of the molecule is CC1(O)CCc2cc(Br)cnc21. The van der Waals surface area contributed by atoms with Crippen molar-refractivity contribution in [3.8, 4) is 0 Å². The second kappa shape index (κ2) is 2.54. The van der Waals surface area contributed by atoms with Crippen LogP contribution >= 0.6 is 15.9 Å². The van der Waals surface area contributed by atoms with Crippen LogP contribution in [0.15, 0.2) is 16.7 Å². The van der Waals surface area contributed by atoms with Gasteiger partial charge in [0.15, 0.2) is 0 Å². The lowest BCUT2D eigenvalue weighted by atomic mass is 10.0. The third-order valence-electron chi connectivity index (χ3n) is 2.32. The Kier molecular flexibility index (Phi) is 1.73. The van der Waals surface area contributed by atoms with E-state index >= 15 is 0 Å². The van der Waals surface area contributed by atoms with Gasteiger partial charge in [-0.3, -0.25) is 4.98 Å². The van der Waals surface area contributed by atoms with E-state index in [4.69, 9.17) is 0 Å². The van der Waals surface area contributed by atoms with E-state index in [1.54, 1.807) is 6.20 Å². The topological polar surface area (TPSA) is 33.1 Å². The van der Waals surface area contributed by atoms with Crippen LogP contribution in [-0.4, -0.2) is 10.1 Å². The Hall–Kier alpha value is -0.410. The van der Waals surface area contributed by atoms with Crippen molar-refractivity contribution in [2.45, 2.75) is 25.4 Å². The molecule has 1 aliphatic carbocycles. The minimum atomic E-state index is -0.712. The number of fused-ring (bicyclic) bond motifs is 1. The lowest BCUT2D eigenvalue weighted by molar-refractivity contribution is 0.0553. The van der Waals surface area contributed by atoms with Gasteiger partial charge in [-0.1, -0.05) is 0 Å². The minimum Gasteiger partial charge on any atom is -0.384 e. The van der Waals surface area contributed by atoms with Gasteiger partial charge in [-0.05, 0) is 47.3 Å². The molecule has 1 aromatic rings. The summed E-state index contributed by atoms with van der Waals surface area (Å²) in [6.07, 6.45) is 3.44. The maximum absolute atomic E-state index is 9.86. The molecule has 1 unspecified atom stereocenters. The summed E-state index contributed by atoms with van der Waals surface area (Å²) in [7, 11) is 0. The van der Waals surface area contributed by atoms with Gasteiger partial charge < -0.3 is 5.11 Å². The Balaban J connectivity index is 2.55. The number of aliphatic hydroxyl groups is 1. The lowest BCUT2D eigenvalue weighted by Gasteiger charge is -2.15. The normalized spacial score (nSPS) is 27.2. The predicted octanol–water partition coefficient (Wildman–Crippen LogP) is 2.00. The molecule has 0 saturated heterocycles. The van der Waals surface area contributed by atoms with Gasteiger partial charge in [0.05, 0.1) is 5.69 Å². The van der Waals surface area contributed by atoms with Crippen molar-refractivity contribution in [1.29, 1.82) is 0 Å². The van der Waals surface area contributed by atoms with E-state index in [1.807, 2.05) is 13.0 Å².